The highest BCUT2D eigenvalue weighted by Crippen LogP contribution is 2.34. The lowest BCUT2D eigenvalue weighted by Gasteiger charge is -2.42. The molecule has 1 aliphatic rings. The first-order valence-corrected chi connectivity index (χ1v) is 9.60. The number of aliphatic hydroxyl groups excluding tert-OH is 1. The summed E-state index contributed by atoms with van der Waals surface area (Å²) in [6.45, 7) is 7.36. The highest BCUT2D eigenvalue weighted by Gasteiger charge is 2.35. The minimum Gasteiger partial charge on any atom is -0.396 e. The number of hydrogen-bond acceptors (Lipinski definition) is 5. The second-order valence-corrected chi connectivity index (χ2v) is 9.18. The first-order chi connectivity index (χ1) is 10.9. The summed E-state index contributed by atoms with van der Waals surface area (Å²) < 4.78 is 7.25. The van der Waals surface area contributed by atoms with Crippen molar-refractivity contribution in [2.75, 3.05) is 19.7 Å². The smallest absolute Gasteiger partial charge is 0.227 e. The third-order valence-corrected chi connectivity index (χ3v) is 6.32. The van der Waals surface area contributed by atoms with Gasteiger partial charge in [0.1, 0.15) is 0 Å². The summed E-state index contributed by atoms with van der Waals surface area (Å²) in [4.78, 5) is 16.0. The number of fused-ring (bicyclic) bond motifs is 1. The van der Waals surface area contributed by atoms with E-state index >= 15 is 0 Å². The molecule has 1 unspecified atom stereocenters. The molecule has 3 heterocycles. The van der Waals surface area contributed by atoms with E-state index in [1.165, 1.54) is 14.3 Å². The van der Waals surface area contributed by atoms with Gasteiger partial charge in [-0.1, -0.05) is 0 Å². The van der Waals surface area contributed by atoms with Gasteiger partial charge in [0.15, 0.2) is 0 Å². The van der Waals surface area contributed by atoms with Crippen molar-refractivity contribution in [2.24, 2.45) is 0 Å². The molecule has 0 spiro atoms. The van der Waals surface area contributed by atoms with Crippen LogP contribution in [0.15, 0.2) is 11.4 Å². The fraction of sp³-hybridized carbons (Fsp3) is 0.588. The third kappa shape index (κ3) is 3.76. The SMILES string of the molecule is Cc1cc2c(CC(=O)N3CC(CCO)OC(C)(C)C3)csc2s1. The molecule has 0 bridgehead atoms. The standard InChI is InChI=1S/C17H23NO3S2/c1-11-6-14-12(9-22-16(14)23-11)7-15(20)18-8-13(4-5-19)21-17(2,3)10-18/h6,9,13,19H,4-5,7-8,10H2,1-3H3. The van der Waals surface area contributed by atoms with E-state index in [0.717, 1.165) is 5.56 Å². The summed E-state index contributed by atoms with van der Waals surface area (Å²) >= 11 is 3.51. The van der Waals surface area contributed by atoms with E-state index in [1.54, 1.807) is 22.7 Å². The Morgan fingerprint density at radius 2 is 2.30 bits per heavy atom. The van der Waals surface area contributed by atoms with E-state index in [4.69, 9.17) is 9.84 Å². The Hall–Kier alpha value is -0.950. The molecule has 0 aromatic carbocycles. The quantitative estimate of drug-likeness (QED) is 0.918. The summed E-state index contributed by atoms with van der Waals surface area (Å²) in [6.07, 6.45) is 0.927. The predicted molar refractivity (Wildman–Crippen MR) is 95.4 cm³/mol. The summed E-state index contributed by atoms with van der Waals surface area (Å²) in [5.74, 6) is 0.146. The van der Waals surface area contributed by atoms with Gasteiger partial charge in [-0.15, -0.1) is 22.7 Å². The van der Waals surface area contributed by atoms with Gasteiger partial charge in [-0.05, 0) is 44.2 Å². The zero-order valence-electron chi connectivity index (χ0n) is 13.8. The number of carbonyl (C=O) groups excluding carboxylic acids is 1. The normalized spacial score (nSPS) is 21.0. The highest BCUT2D eigenvalue weighted by molar-refractivity contribution is 7.37. The van der Waals surface area contributed by atoms with Crippen LogP contribution in [-0.2, 0) is 16.0 Å². The number of rotatable bonds is 4. The lowest BCUT2D eigenvalue weighted by Crippen LogP contribution is -2.55. The summed E-state index contributed by atoms with van der Waals surface area (Å²) in [7, 11) is 0. The van der Waals surface area contributed by atoms with Crippen molar-refractivity contribution >= 4 is 38.0 Å². The van der Waals surface area contributed by atoms with Crippen LogP contribution in [0.4, 0.5) is 0 Å². The number of hydrogen-bond donors (Lipinski definition) is 1. The first kappa shape index (κ1) is 16.9. The van der Waals surface area contributed by atoms with Gasteiger partial charge in [-0.25, -0.2) is 0 Å². The van der Waals surface area contributed by atoms with Crippen LogP contribution in [0.5, 0.6) is 0 Å². The molecule has 2 aromatic heterocycles. The number of aryl methyl sites for hydroxylation is 1. The number of carbonyl (C=O) groups is 1. The maximum Gasteiger partial charge on any atom is 0.227 e. The van der Waals surface area contributed by atoms with E-state index in [-0.39, 0.29) is 24.2 Å². The van der Waals surface area contributed by atoms with E-state index in [2.05, 4.69) is 18.4 Å². The Balaban J connectivity index is 1.74. The predicted octanol–water partition coefficient (Wildman–Crippen LogP) is 3.20. The van der Waals surface area contributed by atoms with Gasteiger partial charge in [-0.2, -0.15) is 0 Å². The van der Waals surface area contributed by atoms with Gasteiger partial charge < -0.3 is 14.7 Å². The Morgan fingerprint density at radius 1 is 1.52 bits per heavy atom. The first-order valence-electron chi connectivity index (χ1n) is 7.91. The monoisotopic (exact) mass is 353 g/mol. The minimum atomic E-state index is -0.364. The van der Waals surface area contributed by atoms with E-state index in [9.17, 15) is 4.79 Å². The molecule has 1 fully saturated rings. The summed E-state index contributed by atoms with van der Waals surface area (Å²) in [5, 5.41) is 12.5. The van der Waals surface area contributed by atoms with Crippen molar-refractivity contribution in [2.45, 2.75) is 45.3 Å². The zero-order chi connectivity index (χ0) is 16.6. The van der Waals surface area contributed by atoms with Crippen LogP contribution in [0.2, 0.25) is 0 Å². The van der Waals surface area contributed by atoms with Crippen molar-refractivity contribution in [3.8, 4) is 0 Å². The second kappa shape index (κ2) is 6.51. The lowest BCUT2D eigenvalue weighted by molar-refractivity contribution is -0.162. The Kier molecular flexibility index (Phi) is 4.78. The van der Waals surface area contributed by atoms with Crippen molar-refractivity contribution in [3.63, 3.8) is 0 Å². The Labute approximate surface area is 144 Å². The van der Waals surface area contributed by atoms with Crippen LogP contribution in [-0.4, -0.2) is 47.3 Å². The van der Waals surface area contributed by atoms with Gasteiger partial charge in [0.05, 0.1) is 22.1 Å². The lowest BCUT2D eigenvalue weighted by atomic mass is 10.0. The molecule has 0 aliphatic carbocycles. The maximum atomic E-state index is 12.8. The van der Waals surface area contributed by atoms with Crippen molar-refractivity contribution in [1.29, 1.82) is 0 Å². The van der Waals surface area contributed by atoms with E-state index in [1.807, 2.05) is 18.7 Å². The van der Waals surface area contributed by atoms with Gasteiger partial charge in [-0.3, -0.25) is 4.79 Å². The van der Waals surface area contributed by atoms with Crippen LogP contribution in [0.25, 0.3) is 9.40 Å². The fourth-order valence-corrected chi connectivity index (χ4v) is 5.46. The molecule has 126 valence electrons. The molecule has 1 N–H and O–H groups in total. The van der Waals surface area contributed by atoms with Crippen molar-refractivity contribution in [3.05, 3.63) is 21.9 Å². The average molecular weight is 354 g/mol. The Bertz CT molecular complexity index is 704. The number of amides is 1. The van der Waals surface area contributed by atoms with Gasteiger partial charge >= 0.3 is 0 Å². The molecule has 6 heteroatoms. The summed E-state index contributed by atoms with van der Waals surface area (Å²) in [5.41, 5.74) is 0.763. The zero-order valence-corrected chi connectivity index (χ0v) is 15.4. The molecular formula is C17H23NO3S2. The topological polar surface area (TPSA) is 49.8 Å². The van der Waals surface area contributed by atoms with Crippen LogP contribution in [0.1, 0.15) is 30.7 Å². The summed E-state index contributed by atoms with van der Waals surface area (Å²) in [6, 6.07) is 2.18. The van der Waals surface area contributed by atoms with Crippen molar-refractivity contribution in [1.82, 2.24) is 4.90 Å². The molecule has 1 amide bonds. The molecule has 23 heavy (non-hydrogen) atoms. The highest BCUT2D eigenvalue weighted by atomic mass is 32.2. The largest absolute Gasteiger partial charge is 0.396 e. The van der Waals surface area contributed by atoms with Crippen LogP contribution < -0.4 is 0 Å². The number of aliphatic hydroxyl groups is 1. The molecule has 1 aliphatic heterocycles. The Morgan fingerprint density at radius 3 is 3.04 bits per heavy atom. The average Bonchev–Trinajstić information content (AvgIpc) is 2.98. The molecular weight excluding hydrogens is 330 g/mol. The molecule has 1 saturated heterocycles. The molecule has 0 saturated carbocycles. The van der Waals surface area contributed by atoms with Crippen LogP contribution >= 0.6 is 22.7 Å². The van der Waals surface area contributed by atoms with Gasteiger partial charge in [0, 0.05) is 30.0 Å². The number of nitrogens with zero attached hydrogens (tertiary/aromatic N) is 1. The van der Waals surface area contributed by atoms with Crippen LogP contribution in [0.3, 0.4) is 0 Å². The molecule has 2 aromatic rings. The van der Waals surface area contributed by atoms with Crippen LogP contribution in [0, 0.1) is 6.92 Å². The number of morpholine rings is 1. The minimum absolute atomic E-state index is 0.0846. The van der Waals surface area contributed by atoms with Gasteiger partial charge in [0.2, 0.25) is 5.91 Å². The van der Waals surface area contributed by atoms with E-state index in [0.29, 0.717) is 25.9 Å². The molecule has 1 atom stereocenters. The number of ether oxygens (including phenoxy) is 1. The molecule has 4 nitrogen and oxygen atoms in total. The maximum absolute atomic E-state index is 12.8. The van der Waals surface area contributed by atoms with Gasteiger partial charge in [0.25, 0.3) is 0 Å². The second-order valence-electron chi connectivity index (χ2n) is 6.78. The fourth-order valence-electron chi connectivity index (χ4n) is 3.18. The van der Waals surface area contributed by atoms with Crippen molar-refractivity contribution < 1.29 is 14.6 Å². The molecule has 3 rings (SSSR count). The molecule has 0 radical (unpaired) electrons. The number of thiophene rings is 2. The third-order valence-electron chi connectivity index (χ3n) is 4.10. The van der Waals surface area contributed by atoms with E-state index < -0.39 is 0 Å².